The average Bonchev–Trinajstić information content (AvgIpc) is 3.49. The van der Waals surface area contributed by atoms with Gasteiger partial charge in [0, 0.05) is 19.3 Å². The maximum atomic E-state index is 13.1. The molecule has 2 fully saturated rings. The maximum absolute atomic E-state index is 13.1. The van der Waals surface area contributed by atoms with Gasteiger partial charge in [0.1, 0.15) is 0 Å². The summed E-state index contributed by atoms with van der Waals surface area (Å²) in [6, 6.07) is 8.97. The lowest BCUT2D eigenvalue weighted by atomic mass is 9.93. The molecule has 0 bridgehead atoms. The van der Waals surface area contributed by atoms with E-state index in [-0.39, 0.29) is 31.0 Å². The number of alkyl halides is 3. The number of nitrogens with zero attached hydrogens (tertiary/aromatic N) is 2. The van der Waals surface area contributed by atoms with Gasteiger partial charge in [-0.2, -0.15) is 13.2 Å². The molecular formula is C23H25F3N4O2. The lowest BCUT2D eigenvalue weighted by Gasteiger charge is -2.30. The zero-order valence-electron chi connectivity index (χ0n) is 17.5. The van der Waals surface area contributed by atoms with Crippen LogP contribution in [0.15, 0.2) is 42.7 Å². The molecule has 32 heavy (non-hydrogen) atoms. The number of carbonyl (C=O) groups excluding carboxylic acids is 2. The highest BCUT2D eigenvalue weighted by molar-refractivity contribution is 5.82. The van der Waals surface area contributed by atoms with Crippen molar-refractivity contribution < 1.29 is 22.8 Å². The van der Waals surface area contributed by atoms with Crippen molar-refractivity contribution in [1.82, 2.24) is 10.3 Å². The van der Waals surface area contributed by atoms with Gasteiger partial charge in [0.15, 0.2) is 0 Å². The molecule has 4 rings (SSSR count). The Labute approximate surface area is 184 Å². The molecule has 1 aromatic carbocycles. The molecule has 1 aliphatic heterocycles. The predicted octanol–water partition coefficient (Wildman–Crippen LogP) is 3.16. The number of aromatic nitrogens is 1. The standard InChI is InChI=1S/C23H25F3N4O2/c24-23(25,26)18-10-19(13-28-12-18)30-8-7-22(14-30,11-20(27)31)29-21(32)9-15-1-3-16(4-2-15)17-5-6-17/h1-4,10,12-13,17H,5-9,11,14H2,(H2,27,31)(H,29,32)/t22-/m0/s1. The van der Waals surface area contributed by atoms with Gasteiger partial charge < -0.3 is 16.0 Å². The minimum atomic E-state index is -4.50. The Morgan fingerprint density at radius 1 is 1.19 bits per heavy atom. The second-order valence-corrected chi connectivity index (χ2v) is 8.77. The average molecular weight is 446 g/mol. The topological polar surface area (TPSA) is 88.3 Å². The summed E-state index contributed by atoms with van der Waals surface area (Å²) in [4.78, 5) is 29.9. The molecule has 2 aliphatic rings. The van der Waals surface area contributed by atoms with E-state index in [1.54, 1.807) is 4.90 Å². The van der Waals surface area contributed by atoms with E-state index >= 15 is 0 Å². The van der Waals surface area contributed by atoms with Crippen LogP contribution in [0.3, 0.4) is 0 Å². The van der Waals surface area contributed by atoms with Crippen LogP contribution < -0.4 is 16.0 Å². The lowest BCUT2D eigenvalue weighted by Crippen LogP contribution is -2.53. The van der Waals surface area contributed by atoms with E-state index in [0.717, 1.165) is 17.8 Å². The first-order valence-corrected chi connectivity index (χ1v) is 10.6. The molecule has 170 valence electrons. The third-order valence-electron chi connectivity index (χ3n) is 6.08. The molecule has 1 atom stereocenters. The number of carbonyl (C=O) groups is 2. The normalized spacial score (nSPS) is 20.9. The first-order valence-electron chi connectivity index (χ1n) is 10.6. The number of hydrogen-bond acceptors (Lipinski definition) is 4. The minimum Gasteiger partial charge on any atom is -0.370 e. The van der Waals surface area contributed by atoms with Crippen LogP contribution in [0.25, 0.3) is 0 Å². The molecule has 1 aliphatic carbocycles. The quantitative estimate of drug-likeness (QED) is 0.684. The molecular weight excluding hydrogens is 421 g/mol. The molecule has 0 unspecified atom stereocenters. The zero-order valence-corrected chi connectivity index (χ0v) is 17.5. The minimum absolute atomic E-state index is 0.0950. The van der Waals surface area contributed by atoms with Gasteiger partial charge >= 0.3 is 6.18 Å². The number of primary amides is 1. The highest BCUT2D eigenvalue weighted by Gasteiger charge is 2.41. The Balaban J connectivity index is 1.45. The third kappa shape index (κ3) is 5.20. The fourth-order valence-corrected chi connectivity index (χ4v) is 4.32. The van der Waals surface area contributed by atoms with Crippen LogP contribution in [-0.2, 0) is 22.2 Å². The van der Waals surface area contributed by atoms with E-state index in [1.807, 2.05) is 24.3 Å². The monoisotopic (exact) mass is 446 g/mol. The Hall–Kier alpha value is -3.10. The number of hydrogen-bond donors (Lipinski definition) is 2. The molecule has 2 heterocycles. The summed E-state index contributed by atoms with van der Waals surface area (Å²) in [5, 5.41) is 2.94. The van der Waals surface area contributed by atoms with E-state index < -0.39 is 23.2 Å². The second-order valence-electron chi connectivity index (χ2n) is 8.77. The number of nitrogens with two attached hydrogens (primary N) is 1. The largest absolute Gasteiger partial charge is 0.417 e. The van der Waals surface area contributed by atoms with Gasteiger partial charge in [0.25, 0.3) is 0 Å². The predicted molar refractivity (Wildman–Crippen MR) is 113 cm³/mol. The van der Waals surface area contributed by atoms with Crippen molar-refractivity contribution in [1.29, 1.82) is 0 Å². The van der Waals surface area contributed by atoms with E-state index in [0.29, 0.717) is 18.9 Å². The second kappa shape index (κ2) is 8.44. The van der Waals surface area contributed by atoms with Crippen molar-refractivity contribution >= 4 is 17.5 Å². The molecule has 3 N–H and O–H groups in total. The SMILES string of the molecule is NC(=O)C[C@@]1(NC(=O)Cc2ccc(C3CC3)cc2)CCN(c2cncc(C(F)(F)F)c2)C1. The van der Waals surface area contributed by atoms with Crippen molar-refractivity contribution in [2.45, 2.75) is 49.7 Å². The van der Waals surface area contributed by atoms with Gasteiger partial charge in [-0.3, -0.25) is 14.6 Å². The van der Waals surface area contributed by atoms with Crippen LogP contribution >= 0.6 is 0 Å². The maximum Gasteiger partial charge on any atom is 0.417 e. The van der Waals surface area contributed by atoms with Gasteiger partial charge in [0.05, 0.1) is 35.8 Å². The number of benzene rings is 1. The molecule has 9 heteroatoms. The first kappa shape index (κ1) is 22.1. The number of anilines is 1. The summed E-state index contributed by atoms with van der Waals surface area (Å²) < 4.78 is 39.2. The van der Waals surface area contributed by atoms with Crippen molar-refractivity contribution in [3.05, 3.63) is 59.4 Å². The number of rotatable bonds is 7. The Bertz CT molecular complexity index is 1010. The summed E-state index contributed by atoms with van der Waals surface area (Å²) >= 11 is 0. The Morgan fingerprint density at radius 3 is 2.53 bits per heavy atom. The van der Waals surface area contributed by atoms with Crippen LogP contribution in [-0.4, -0.2) is 35.4 Å². The first-order chi connectivity index (χ1) is 15.1. The van der Waals surface area contributed by atoms with Crippen LogP contribution in [0.4, 0.5) is 18.9 Å². The number of nitrogens with one attached hydrogen (secondary N) is 1. The summed E-state index contributed by atoms with van der Waals surface area (Å²) in [6.07, 6.45) is 0.458. The van der Waals surface area contributed by atoms with Crippen LogP contribution in [0.5, 0.6) is 0 Å². The van der Waals surface area contributed by atoms with E-state index in [2.05, 4.69) is 10.3 Å². The van der Waals surface area contributed by atoms with E-state index in [9.17, 15) is 22.8 Å². The lowest BCUT2D eigenvalue weighted by molar-refractivity contribution is -0.137. The summed E-state index contributed by atoms with van der Waals surface area (Å²) in [6.45, 7) is 0.540. The van der Waals surface area contributed by atoms with Gasteiger partial charge in [-0.05, 0) is 42.4 Å². The smallest absolute Gasteiger partial charge is 0.370 e. The molecule has 2 amide bonds. The Kier molecular flexibility index (Phi) is 5.83. The molecule has 2 aromatic rings. The fraction of sp³-hybridized carbons (Fsp3) is 0.435. The van der Waals surface area contributed by atoms with Crippen LogP contribution in [0, 0.1) is 0 Å². The van der Waals surface area contributed by atoms with Crippen molar-refractivity contribution in [3.63, 3.8) is 0 Å². The molecule has 1 saturated carbocycles. The van der Waals surface area contributed by atoms with Crippen molar-refractivity contribution in [2.24, 2.45) is 5.73 Å². The summed E-state index contributed by atoms with van der Waals surface area (Å²) in [5.74, 6) is -0.205. The van der Waals surface area contributed by atoms with Crippen molar-refractivity contribution in [3.8, 4) is 0 Å². The van der Waals surface area contributed by atoms with Gasteiger partial charge in [0.2, 0.25) is 11.8 Å². The van der Waals surface area contributed by atoms with Gasteiger partial charge in [-0.1, -0.05) is 24.3 Å². The molecule has 0 spiro atoms. The zero-order chi connectivity index (χ0) is 22.9. The van der Waals surface area contributed by atoms with Crippen LogP contribution in [0.1, 0.15) is 48.3 Å². The molecule has 6 nitrogen and oxygen atoms in total. The third-order valence-corrected chi connectivity index (χ3v) is 6.08. The van der Waals surface area contributed by atoms with Gasteiger partial charge in [-0.15, -0.1) is 0 Å². The van der Waals surface area contributed by atoms with Gasteiger partial charge in [-0.25, -0.2) is 0 Å². The highest BCUT2D eigenvalue weighted by atomic mass is 19.4. The fourth-order valence-electron chi connectivity index (χ4n) is 4.32. The van der Waals surface area contributed by atoms with Crippen LogP contribution in [0.2, 0.25) is 0 Å². The summed E-state index contributed by atoms with van der Waals surface area (Å²) in [7, 11) is 0. The molecule has 0 radical (unpaired) electrons. The molecule has 1 saturated heterocycles. The number of amides is 2. The molecule has 1 aromatic heterocycles. The van der Waals surface area contributed by atoms with E-state index in [4.69, 9.17) is 5.73 Å². The van der Waals surface area contributed by atoms with E-state index in [1.165, 1.54) is 24.6 Å². The Morgan fingerprint density at radius 2 is 1.91 bits per heavy atom. The van der Waals surface area contributed by atoms with Crippen molar-refractivity contribution in [2.75, 3.05) is 18.0 Å². The summed E-state index contributed by atoms with van der Waals surface area (Å²) in [5.41, 5.74) is 6.07. The highest BCUT2D eigenvalue weighted by Crippen LogP contribution is 2.40. The number of halogens is 3. The number of pyridine rings is 1.